The molecule has 1 aliphatic rings. The van der Waals surface area contributed by atoms with Gasteiger partial charge in [-0.1, -0.05) is 13.8 Å². The molecule has 6 heteroatoms. The number of nitrogens with one attached hydrogen (secondary N) is 2. The third kappa shape index (κ3) is 5.46. The molecule has 0 bridgehead atoms. The Labute approximate surface area is 121 Å². The van der Waals surface area contributed by atoms with Gasteiger partial charge >= 0.3 is 5.97 Å². The van der Waals surface area contributed by atoms with Gasteiger partial charge in [-0.2, -0.15) is 0 Å². The van der Waals surface area contributed by atoms with Crippen molar-refractivity contribution in [2.75, 3.05) is 33.3 Å². The Morgan fingerprint density at radius 3 is 2.70 bits per heavy atom. The Morgan fingerprint density at radius 2 is 2.15 bits per heavy atom. The van der Waals surface area contributed by atoms with Gasteiger partial charge in [0.25, 0.3) is 0 Å². The number of nitrogens with zero attached hydrogens (tertiary/aromatic N) is 1. The first-order valence-corrected chi connectivity index (χ1v) is 7.26. The van der Waals surface area contributed by atoms with Crippen LogP contribution in [-0.2, 0) is 14.3 Å². The van der Waals surface area contributed by atoms with E-state index in [1.807, 2.05) is 13.8 Å². The standard InChI is InChI=1S/C14H27N3O3/c1-10(2)7-12(14(19)20-4)16-13(18)9-17-6-5-15-8-11(17)3/h10-12,15H,5-9H2,1-4H3,(H,16,18)/t11-,12?/m1/s1. The summed E-state index contributed by atoms with van der Waals surface area (Å²) in [5.41, 5.74) is 0. The van der Waals surface area contributed by atoms with Crippen LogP contribution in [-0.4, -0.2) is 62.1 Å². The van der Waals surface area contributed by atoms with Crippen molar-refractivity contribution in [3.8, 4) is 0 Å². The number of piperazine rings is 1. The number of hydrogen-bond acceptors (Lipinski definition) is 5. The number of methoxy groups -OCH3 is 1. The molecule has 1 amide bonds. The SMILES string of the molecule is COC(=O)C(CC(C)C)NC(=O)CN1CCNC[C@H]1C. The second-order valence-electron chi connectivity index (χ2n) is 5.80. The lowest BCUT2D eigenvalue weighted by Gasteiger charge is -2.33. The molecule has 0 spiro atoms. The predicted octanol–water partition coefficient (Wildman–Crippen LogP) is -0.0160. The zero-order valence-electron chi connectivity index (χ0n) is 12.9. The molecule has 20 heavy (non-hydrogen) atoms. The molecular formula is C14H27N3O3. The molecule has 1 rings (SSSR count). The van der Waals surface area contributed by atoms with Crippen molar-refractivity contribution in [1.82, 2.24) is 15.5 Å². The van der Waals surface area contributed by atoms with E-state index in [1.165, 1.54) is 7.11 Å². The fourth-order valence-electron chi connectivity index (χ4n) is 2.37. The van der Waals surface area contributed by atoms with E-state index in [-0.39, 0.29) is 11.9 Å². The molecule has 6 nitrogen and oxygen atoms in total. The van der Waals surface area contributed by atoms with Gasteiger partial charge in [0.05, 0.1) is 13.7 Å². The van der Waals surface area contributed by atoms with Crippen LogP contribution >= 0.6 is 0 Å². The van der Waals surface area contributed by atoms with Crippen LogP contribution in [0.1, 0.15) is 27.2 Å². The number of esters is 1. The van der Waals surface area contributed by atoms with Crippen LogP contribution in [0.5, 0.6) is 0 Å². The van der Waals surface area contributed by atoms with Crippen LogP contribution in [0, 0.1) is 5.92 Å². The molecule has 2 atom stereocenters. The summed E-state index contributed by atoms with van der Waals surface area (Å²) in [4.78, 5) is 25.9. The van der Waals surface area contributed by atoms with Crippen LogP contribution < -0.4 is 10.6 Å². The zero-order valence-corrected chi connectivity index (χ0v) is 12.9. The Morgan fingerprint density at radius 1 is 1.45 bits per heavy atom. The second-order valence-corrected chi connectivity index (χ2v) is 5.80. The fourth-order valence-corrected chi connectivity index (χ4v) is 2.37. The van der Waals surface area contributed by atoms with Gasteiger partial charge in [-0.25, -0.2) is 4.79 Å². The van der Waals surface area contributed by atoms with Crippen LogP contribution in [0.15, 0.2) is 0 Å². The van der Waals surface area contributed by atoms with E-state index in [4.69, 9.17) is 4.74 Å². The summed E-state index contributed by atoms with van der Waals surface area (Å²) in [6.45, 7) is 9.08. The molecule has 0 radical (unpaired) electrons. The van der Waals surface area contributed by atoms with Gasteiger partial charge in [0.2, 0.25) is 5.91 Å². The Balaban J connectivity index is 2.50. The average molecular weight is 285 g/mol. The summed E-state index contributed by atoms with van der Waals surface area (Å²) in [5.74, 6) is -0.173. The number of hydrogen-bond donors (Lipinski definition) is 2. The lowest BCUT2D eigenvalue weighted by Crippen LogP contribution is -2.54. The maximum Gasteiger partial charge on any atom is 0.328 e. The molecule has 0 saturated carbocycles. The van der Waals surface area contributed by atoms with Crippen molar-refractivity contribution in [2.24, 2.45) is 5.92 Å². The Kier molecular flexibility index (Phi) is 6.95. The van der Waals surface area contributed by atoms with Gasteiger partial charge in [0.15, 0.2) is 0 Å². The molecule has 0 aromatic heterocycles. The molecule has 1 heterocycles. The van der Waals surface area contributed by atoms with E-state index in [0.29, 0.717) is 24.9 Å². The van der Waals surface area contributed by atoms with Gasteiger partial charge in [-0.05, 0) is 19.3 Å². The maximum atomic E-state index is 12.1. The maximum absolute atomic E-state index is 12.1. The number of ether oxygens (including phenoxy) is 1. The highest BCUT2D eigenvalue weighted by atomic mass is 16.5. The minimum Gasteiger partial charge on any atom is -0.467 e. The van der Waals surface area contributed by atoms with E-state index in [2.05, 4.69) is 22.5 Å². The normalized spacial score (nSPS) is 21.6. The largest absolute Gasteiger partial charge is 0.467 e. The molecule has 1 fully saturated rings. The number of rotatable bonds is 6. The molecule has 0 aliphatic carbocycles. The van der Waals surface area contributed by atoms with Crippen molar-refractivity contribution < 1.29 is 14.3 Å². The summed E-state index contributed by atoms with van der Waals surface area (Å²) < 4.78 is 4.75. The molecule has 0 aromatic rings. The molecule has 1 unspecified atom stereocenters. The lowest BCUT2D eigenvalue weighted by molar-refractivity contribution is -0.145. The molecule has 1 saturated heterocycles. The summed E-state index contributed by atoms with van der Waals surface area (Å²) in [5, 5.41) is 6.08. The van der Waals surface area contributed by atoms with Gasteiger partial charge < -0.3 is 15.4 Å². The first kappa shape index (κ1) is 16.9. The summed E-state index contributed by atoms with van der Waals surface area (Å²) >= 11 is 0. The summed E-state index contributed by atoms with van der Waals surface area (Å²) in [7, 11) is 1.35. The minimum absolute atomic E-state index is 0.116. The number of carbonyl (C=O) groups excluding carboxylic acids is 2. The highest BCUT2D eigenvalue weighted by Gasteiger charge is 2.25. The highest BCUT2D eigenvalue weighted by molar-refractivity contribution is 5.85. The van der Waals surface area contributed by atoms with Crippen molar-refractivity contribution >= 4 is 11.9 Å². The van der Waals surface area contributed by atoms with Gasteiger partial charge in [0.1, 0.15) is 6.04 Å². The first-order chi connectivity index (χ1) is 9.43. The molecule has 2 N–H and O–H groups in total. The van der Waals surface area contributed by atoms with E-state index in [9.17, 15) is 9.59 Å². The third-order valence-corrected chi connectivity index (χ3v) is 3.51. The smallest absolute Gasteiger partial charge is 0.328 e. The third-order valence-electron chi connectivity index (χ3n) is 3.51. The molecular weight excluding hydrogens is 258 g/mol. The van der Waals surface area contributed by atoms with E-state index < -0.39 is 6.04 Å². The van der Waals surface area contributed by atoms with Crippen LogP contribution in [0.3, 0.4) is 0 Å². The first-order valence-electron chi connectivity index (χ1n) is 7.26. The van der Waals surface area contributed by atoms with Crippen molar-refractivity contribution in [2.45, 2.75) is 39.3 Å². The molecule has 116 valence electrons. The Hall–Kier alpha value is -1.14. The molecule has 0 aromatic carbocycles. The predicted molar refractivity (Wildman–Crippen MR) is 77.3 cm³/mol. The van der Waals surface area contributed by atoms with E-state index in [0.717, 1.165) is 19.6 Å². The minimum atomic E-state index is -0.550. The average Bonchev–Trinajstić information content (AvgIpc) is 2.39. The zero-order chi connectivity index (χ0) is 15.1. The van der Waals surface area contributed by atoms with Crippen molar-refractivity contribution in [3.05, 3.63) is 0 Å². The van der Waals surface area contributed by atoms with Crippen LogP contribution in [0.25, 0.3) is 0 Å². The summed E-state index contributed by atoms with van der Waals surface area (Å²) in [6.07, 6.45) is 0.593. The lowest BCUT2D eigenvalue weighted by atomic mass is 10.0. The summed E-state index contributed by atoms with van der Waals surface area (Å²) in [6, 6.07) is -0.220. The van der Waals surface area contributed by atoms with Crippen molar-refractivity contribution in [1.29, 1.82) is 0 Å². The number of carbonyl (C=O) groups is 2. The quantitative estimate of drug-likeness (QED) is 0.671. The topological polar surface area (TPSA) is 70.7 Å². The van der Waals surface area contributed by atoms with Gasteiger partial charge in [0, 0.05) is 25.7 Å². The fraction of sp³-hybridized carbons (Fsp3) is 0.857. The number of amides is 1. The second kappa shape index (κ2) is 8.21. The van der Waals surface area contributed by atoms with Crippen LogP contribution in [0.2, 0.25) is 0 Å². The van der Waals surface area contributed by atoms with E-state index in [1.54, 1.807) is 0 Å². The van der Waals surface area contributed by atoms with Crippen LogP contribution in [0.4, 0.5) is 0 Å². The van der Waals surface area contributed by atoms with Crippen molar-refractivity contribution in [3.63, 3.8) is 0 Å². The highest BCUT2D eigenvalue weighted by Crippen LogP contribution is 2.07. The van der Waals surface area contributed by atoms with E-state index >= 15 is 0 Å². The monoisotopic (exact) mass is 285 g/mol. The molecule has 1 aliphatic heterocycles. The Bertz CT molecular complexity index is 334. The van der Waals surface area contributed by atoms with Gasteiger partial charge in [-0.3, -0.25) is 9.69 Å². The van der Waals surface area contributed by atoms with Gasteiger partial charge in [-0.15, -0.1) is 0 Å².